The SMILES string of the molecule is O1C2OC3OC4OC1C1C2C3C41. The summed E-state index contributed by atoms with van der Waals surface area (Å²) in [4.78, 5) is 0. The Morgan fingerprint density at radius 3 is 0.917 bits per heavy atom. The van der Waals surface area contributed by atoms with Crippen molar-refractivity contribution in [2.24, 2.45) is 23.7 Å². The first kappa shape index (κ1) is 5.54. The summed E-state index contributed by atoms with van der Waals surface area (Å²) in [6.45, 7) is 0. The van der Waals surface area contributed by atoms with Gasteiger partial charge in [0.25, 0.3) is 0 Å². The average molecular weight is 168 g/mol. The maximum atomic E-state index is 5.61. The van der Waals surface area contributed by atoms with Crippen LogP contribution >= 0.6 is 0 Å². The highest BCUT2D eigenvalue weighted by atomic mass is 16.9. The van der Waals surface area contributed by atoms with Crippen molar-refractivity contribution < 1.29 is 18.9 Å². The van der Waals surface area contributed by atoms with Crippen LogP contribution in [0.3, 0.4) is 0 Å². The van der Waals surface area contributed by atoms with Crippen LogP contribution < -0.4 is 0 Å². The summed E-state index contributed by atoms with van der Waals surface area (Å²) in [7, 11) is 0. The molecule has 0 N–H and O–H groups in total. The van der Waals surface area contributed by atoms with Gasteiger partial charge >= 0.3 is 0 Å². The average Bonchev–Trinajstić information content (AvgIpc) is 2.31. The Hall–Kier alpha value is -0.160. The quantitative estimate of drug-likeness (QED) is 0.505. The Morgan fingerprint density at radius 2 is 0.667 bits per heavy atom. The molecular formula is C8H8O4. The molecule has 0 aromatic heterocycles. The summed E-state index contributed by atoms with van der Waals surface area (Å²) in [6, 6.07) is 0. The molecule has 1 aliphatic carbocycles. The Morgan fingerprint density at radius 1 is 0.417 bits per heavy atom. The number of rotatable bonds is 0. The lowest BCUT2D eigenvalue weighted by atomic mass is 9.60. The van der Waals surface area contributed by atoms with E-state index in [1.54, 1.807) is 0 Å². The standard InChI is InChI=1S/C8H8O4/c9-5-1-2-4-3(1)7(10-5)12-8(4)11-6(2)9/h1-8H. The molecule has 0 atom stereocenters. The molecule has 4 aliphatic heterocycles. The van der Waals surface area contributed by atoms with E-state index in [1.807, 2.05) is 0 Å². The molecule has 4 nitrogen and oxygen atoms in total. The summed E-state index contributed by atoms with van der Waals surface area (Å²) in [5.74, 6) is 2.32. The van der Waals surface area contributed by atoms with E-state index < -0.39 is 0 Å². The maximum absolute atomic E-state index is 5.61. The van der Waals surface area contributed by atoms with Gasteiger partial charge in [-0.3, -0.25) is 0 Å². The lowest BCUT2D eigenvalue weighted by molar-refractivity contribution is -0.321. The molecule has 5 aliphatic rings. The molecule has 0 unspecified atom stereocenters. The van der Waals surface area contributed by atoms with Crippen LogP contribution in [0.1, 0.15) is 0 Å². The molecule has 0 aromatic carbocycles. The highest BCUT2D eigenvalue weighted by Crippen LogP contribution is 2.70. The van der Waals surface area contributed by atoms with Crippen LogP contribution in [0.25, 0.3) is 0 Å². The summed E-state index contributed by atoms with van der Waals surface area (Å²) in [5.41, 5.74) is 0. The highest BCUT2D eigenvalue weighted by molar-refractivity contribution is 5.14. The molecule has 0 amide bonds. The van der Waals surface area contributed by atoms with E-state index in [0.29, 0.717) is 23.7 Å². The Bertz CT molecular complexity index is 208. The molecule has 4 heteroatoms. The minimum atomic E-state index is -0.0208. The third kappa shape index (κ3) is 0.336. The van der Waals surface area contributed by atoms with E-state index in [1.165, 1.54) is 0 Å². The Balaban J connectivity index is 1.80. The molecule has 0 radical (unpaired) electrons. The zero-order valence-electron chi connectivity index (χ0n) is 6.25. The minimum Gasteiger partial charge on any atom is -0.323 e. The van der Waals surface area contributed by atoms with E-state index >= 15 is 0 Å². The van der Waals surface area contributed by atoms with Crippen LogP contribution in [-0.2, 0) is 18.9 Å². The van der Waals surface area contributed by atoms with Crippen molar-refractivity contribution in [1.82, 2.24) is 0 Å². The fraction of sp³-hybridized carbons (Fsp3) is 1.00. The first-order chi connectivity index (χ1) is 5.93. The van der Waals surface area contributed by atoms with E-state index in [0.717, 1.165) is 0 Å². The second-order valence-corrected chi connectivity index (χ2v) is 4.33. The maximum Gasteiger partial charge on any atom is 0.167 e. The van der Waals surface area contributed by atoms with Gasteiger partial charge < -0.3 is 18.9 Å². The fourth-order valence-electron chi connectivity index (χ4n) is 3.72. The lowest BCUT2D eigenvalue weighted by Crippen LogP contribution is -2.44. The molecule has 64 valence electrons. The van der Waals surface area contributed by atoms with Gasteiger partial charge in [-0.05, 0) is 0 Å². The van der Waals surface area contributed by atoms with Gasteiger partial charge in [0.05, 0.1) is 0 Å². The number of hydrogen-bond donors (Lipinski definition) is 0. The normalized spacial score (nSPS) is 80.0. The van der Waals surface area contributed by atoms with Gasteiger partial charge in [-0.2, -0.15) is 0 Å². The molecule has 0 spiro atoms. The molecule has 4 heterocycles. The Labute approximate surface area is 68.7 Å². The third-order valence-electron chi connectivity index (χ3n) is 4.11. The predicted molar refractivity (Wildman–Crippen MR) is 33.5 cm³/mol. The van der Waals surface area contributed by atoms with Crippen molar-refractivity contribution in [3.05, 3.63) is 0 Å². The summed E-state index contributed by atoms with van der Waals surface area (Å²) < 4.78 is 22.4. The second-order valence-electron chi connectivity index (χ2n) is 4.33. The molecule has 0 aromatic rings. The Kier molecular flexibility index (Phi) is 0.626. The minimum absolute atomic E-state index is 0.0208. The van der Waals surface area contributed by atoms with Crippen LogP contribution in [-0.4, -0.2) is 25.2 Å². The van der Waals surface area contributed by atoms with Gasteiger partial charge in [0.15, 0.2) is 25.2 Å². The van der Waals surface area contributed by atoms with E-state index in [-0.39, 0.29) is 25.2 Å². The number of hydrogen-bond acceptors (Lipinski definition) is 4. The van der Waals surface area contributed by atoms with Gasteiger partial charge in [0, 0.05) is 23.7 Å². The fourth-order valence-corrected chi connectivity index (χ4v) is 3.72. The van der Waals surface area contributed by atoms with E-state index in [2.05, 4.69) is 0 Å². The van der Waals surface area contributed by atoms with Gasteiger partial charge in [-0.15, -0.1) is 0 Å². The van der Waals surface area contributed by atoms with Crippen LogP contribution in [0.2, 0.25) is 0 Å². The molecular weight excluding hydrogens is 160 g/mol. The summed E-state index contributed by atoms with van der Waals surface area (Å²) in [5, 5.41) is 0. The smallest absolute Gasteiger partial charge is 0.167 e. The molecule has 5 fully saturated rings. The zero-order chi connectivity index (χ0) is 7.45. The van der Waals surface area contributed by atoms with Crippen molar-refractivity contribution >= 4 is 0 Å². The largest absolute Gasteiger partial charge is 0.323 e. The second kappa shape index (κ2) is 1.35. The van der Waals surface area contributed by atoms with Crippen molar-refractivity contribution in [1.29, 1.82) is 0 Å². The van der Waals surface area contributed by atoms with Crippen molar-refractivity contribution in [3.63, 3.8) is 0 Å². The summed E-state index contributed by atoms with van der Waals surface area (Å²) in [6.07, 6.45) is -0.0833. The van der Waals surface area contributed by atoms with Crippen molar-refractivity contribution in [3.8, 4) is 0 Å². The lowest BCUT2D eigenvalue weighted by Gasteiger charge is -2.37. The van der Waals surface area contributed by atoms with Gasteiger partial charge in [0.1, 0.15) is 0 Å². The van der Waals surface area contributed by atoms with Crippen LogP contribution in [0, 0.1) is 23.7 Å². The molecule has 0 bridgehead atoms. The molecule has 5 rings (SSSR count). The van der Waals surface area contributed by atoms with Crippen LogP contribution in [0.5, 0.6) is 0 Å². The first-order valence-corrected chi connectivity index (χ1v) is 4.55. The molecule has 1 saturated carbocycles. The van der Waals surface area contributed by atoms with Crippen LogP contribution in [0.4, 0.5) is 0 Å². The van der Waals surface area contributed by atoms with Gasteiger partial charge in [-0.25, -0.2) is 0 Å². The zero-order valence-corrected chi connectivity index (χ0v) is 6.25. The summed E-state index contributed by atoms with van der Waals surface area (Å²) >= 11 is 0. The van der Waals surface area contributed by atoms with E-state index in [9.17, 15) is 0 Å². The predicted octanol–water partition coefficient (Wildman–Crippen LogP) is -0.110. The monoisotopic (exact) mass is 168 g/mol. The molecule has 4 saturated heterocycles. The van der Waals surface area contributed by atoms with Gasteiger partial charge in [-0.1, -0.05) is 0 Å². The topological polar surface area (TPSA) is 36.9 Å². The number of ether oxygens (including phenoxy) is 4. The van der Waals surface area contributed by atoms with Gasteiger partial charge in [0.2, 0.25) is 0 Å². The van der Waals surface area contributed by atoms with E-state index in [4.69, 9.17) is 18.9 Å². The third-order valence-corrected chi connectivity index (χ3v) is 4.11. The van der Waals surface area contributed by atoms with Crippen molar-refractivity contribution in [2.45, 2.75) is 25.2 Å². The molecule has 12 heavy (non-hydrogen) atoms. The van der Waals surface area contributed by atoms with Crippen LogP contribution in [0.15, 0.2) is 0 Å². The van der Waals surface area contributed by atoms with Crippen molar-refractivity contribution in [2.75, 3.05) is 0 Å². The highest BCUT2D eigenvalue weighted by Gasteiger charge is 2.79. The first-order valence-electron chi connectivity index (χ1n) is 4.55.